The molecular formula is C14H27Cl2N3O2. The molecule has 0 radical (unpaired) electrons. The molecule has 7 heteroatoms. The SMILES string of the molecule is CCN1CCOC(C(=O)N2CC3CCC(N)C3C2)C1.Cl.Cl. The van der Waals surface area contributed by atoms with Gasteiger partial charge in [0.05, 0.1) is 6.61 Å². The Labute approximate surface area is 139 Å². The van der Waals surface area contributed by atoms with Crippen molar-refractivity contribution in [1.82, 2.24) is 9.80 Å². The number of nitrogens with zero attached hydrogens (tertiary/aromatic N) is 2. The van der Waals surface area contributed by atoms with E-state index in [4.69, 9.17) is 10.5 Å². The third-order valence-corrected chi connectivity index (χ3v) is 5.10. The summed E-state index contributed by atoms with van der Waals surface area (Å²) in [4.78, 5) is 16.8. The number of carbonyl (C=O) groups is 1. The molecule has 1 amide bonds. The number of amides is 1. The number of fused-ring (bicyclic) bond motifs is 1. The fourth-order valence-corrected chi connectivity index (χ4v) is 3.83. The minimum Gasteiger partial charge on any atom is -0.366 e. The van der Waals surface area contributed by atoms with Crippen molar-refractivity contribution in [3.63, 3.8) is 0 Å². The van der Waals surface area contributed by atoms with E-state index in [0.717, 1.165) is 39.1 Å². The van der Waals surface area contributed by atoms with Crippen molar-refractivity contribution in [2.45, 2.75) is 31.9 Å². The van der Waals surface area contributed by atoms with E-state index in [1.807, 2.05) is 4.90 Å². The zero-order chi connectivity index (χ0) is 13.4. The zero-order valence-electron chi connectivity index (χ0n) is 12.6. The summed E-state index contributed by atoms with van der Waals surface area (Å²) in [7, 11) is 0. The smallest absolute Gasteiger partial charge is 0.253 e. The van der Waals surface area contributed by atoms with Crippen LogP contribution in [0.2, 0.25) is 0 Å². The first kappa shape index (κ1) is 19.0. The normalized spacial score (nSPS) is 35.8. The van der Waals surface area contributed by atoms with Crippen LogP contribution in [0.3, 0.4) is 0 Å². The molecule has 0 spiro atoms. The predicted octanol–water partition coefficient (Wildman–Crippen LogP) is 0.746. The monoisotopic (exact) mass is 339 g/mol. The predicted molar refractivity (Wildman–Crippen MR) is 87.1 cm³/mol. The van der Waals surface area contributed by atoms with Crippen LogP contribution in [0.4, 0.5) is 0 Å². The van der Waals surface area contributed by atoms with Gasteiger partial charge >= 0.3 is 0 Å². The molecule has 0 aromatic carbocycles. The Morgan fingerprint density at radius 1 is 1.24 bits per heavy atom. The lowest BCUT2D eigenvalue weighted by molar-refractivity contribution is -0.148. The van der Waals surface area contributed by atoms with Crippen molar-refractivity contribution in [2.75, 3.05) is 39.3 Å². The largest absolute Gasteiger partial charge is 0.366 e. The van der Waals surface area contributed by atoms with E-state index in [9.17, 15) is 4.79 Å². The van der Waals surface area contributed by atoms with Gasteiger partial charge in [-0.15, -0.1) is 24.8 Å². The molecule has 1 saturated carbocycles. The maximum absolute atomic E-state index is 12.5. The number of likely N-dealkylation sites (N-methyl/N-ethyl adjacent to an activating group) is 1. The molecule has 3 rings (SSSR count). The van der Waals surface area contributed by atoms with Crippen molar-refractivity contribution in [2.24, 2.45) is 17.6 Å². The van der Waals surface area contributed by atoms with Gasteiger partial charge in [-0.25, -0.2) is 0 Å². The molecule has 5 nitrogen and oxygen atoms in total. The van der Waals surface area contributed by atoms with E-state index in [1.54, 1.807) is 0 Å². The molecule has 0 bridgehead atoms. The first-order chi connectivity index (χ1) is 9.19. The highest BCUT2D eigenvalue weighted by molar-refractivity contribution is 5.85. The molecule has 3 fully saturated rings. The number of ether oxygens (including phenoxy) is 1. The van der Waals surface area contributed by atoms with Gasteiger partial charge in [0.1, 0.15) is 6.10 Å². The van der Waals surface area contributed by atoms with Crippen molar-refractivity contribution in [3.05, 3.63) is 0 Å². The maximum Gasteiger partial charge on any atom is 0.253 e. The fourth-order valence-electron chi connectivity index (χ4n) is 3.83. The minimum atomic E-state index is -0.260. The Hall–Kier alpha value is -0.0700. The van der Waals surface area contributed by atoms with Crippen LogP contribution >= 0.6 is 24.8 Å². The highest BCUT2D eigenvalue weighted by Crippen LogP contribution is 2.37. The second-order valence-electron chi connectivity index (χ2n) is 6.16. The van der Waals surface area contributed by atoms with Crippen molar-refractivity contribution in [1.29, 1.82) is 0 Å². The highest BCUT2D eigenvalue weighted by atomic mass is 35.5. The summed E-state index contributed by atoms with van der Waals surface area (Å²) >= 11 is 0. The number of halogens is 2. The first-order valence-electron chi connectivity index (χ1n) is 7.57. The van der Waals surface area contributed by atoms with Crippen molar-refractivity contribution < 1.29 is 9.53 Å². The minimum absolute atomic E-state index is 0. The van der Waals surface area contributed by atoms with Gasteiger partial charge < -0.3 is 15.4 Å². The molecule has 2 N–H and O–H groups in total. The summed E-state index contributed by atoms with van der Waals surface area (Å²) in [5.41, 5.74) is 6.13. The Morgan fingerprint density at radius 2 is 2.00 bits per heavy atom. The van der Waals surface area contributed by atoms with Gasteiger partial charge in [-0.1, -0.05) is 6.92 Å². The third kappa shape index (κ3) is 3.82. The van der Waals surface area contributed by atoms with Crippen LogP contribution in [-0.4, -0.2) is 67.2 Å². The average Bonchev–Trinajstić information content (AvgIpc) is 3.01. The summed E-state index contributed by atoms with van der Waals surface area (Å²) in [5.74, 6) is 1.33. The average molecular weight is 340 g/mol. The van der Waals surface area contributed by atoms with Gasteiger partial charge in [0.15, 0.2) is 0 Å². The van der Waals surface area contributed by atoms with E-state index < -0.39 is 0 Å². The number of likely N-dealkylation sites (tertiary alicyclic amines) is 1. The van der Waals surface area contributed by atoms with Gasteiger partial charge in [-0.05, 0) is 31.2 Å². The van der Waals surface area contributed by atoms with E-state index in [1.165, 1.54) is 6.42 Å². The van der Waals surface area contributed by atoms with Gasteiger partial charge in [0.2, 0.25) is 0 Å². The van der Waals surface area contributed by atoms with Crippen LogP contribution in [0.15, 0.2) is 0 Å². The Balaban J connectivity index is 0.00000110. The van der Waals surface area contributed by atoms with Crippen LogP contribution in [-0.2, 0) is 9.53 Å². The van der Waals surface area contributed by atoms with Crippen LogP contribution in [0.1, 0.15) is 19.8 Å². The first-order valence-corrected chi connectivity index (χ1v) is 7.57. The molecule has 3 aliphatic rings. The lowest BCUT2D eigenvalue weighted by atomic mass is 9.98. The Bertz CT molecular complexity index is 359. The second kappa shape index (κ2) is 7.97. The van der Waals surface area contributed by atoms with Gasteiger partial charge in [0, 0.05) is 32.2 Å². The molecular weight excluding hydrogens is 313 g/mol. The van der Waals surface area contributed by atoms with Crippen LogP contribution in [0, 0.1) is 11.8 Å². The number of hydrogen-bond donors (Lipinski definition) is 1. The molecule has 0 aromatic heterocycles. The summed E-state index contributed by atoms with van der Waals surface area (Å²) in [5, 5.41) is 0. The topological polar surface area (TPSA) is 58.8 Å². The fraction of sp³-hybridized carbons (Fsp3) is 0.929. The molecule has 21 heavy (non-hydrogen) atoms. The Morgan fingerprint density at radius 3 is 2.67 bits per heavy atom. The van der Waals surface area contributed by atoms with E-state index in [2.05, 4.69) is 11.8 Å². The Kier molecular flexibility index (Phi) is 7.20. The summed E-state index contributed by atoms with van der Waals surface area (Å²) in [6, 6.07) is 0.294. The molecule has 124 valence electrons. The van der Waals surface area contributed by atoms with Crippen LogP contribution in [0.5, 0.6) is 0 Å². The summed E-state index contributed by atoms with van der Waals surface area (Å²) in [6.07, 6.45) is 2.05. The highest BCUT2D eigenvalue weighted by Gasteiger charge is 2.44. The number of nitrogens with two attached hydrogens (primary N) is 1. The van der Waals surface area contributed by atoms with Gasteiger partial charge in [-0.2, -0.15) is 0 Å². The third-order valence-electron chi connectivity index (χ3n) is 5.10. The molecule has 4 atom stereocenters. The van der Waals surface area contributed by atoms with E-state index in [0.29, 0.717) is 24.5 Å². The number of carbonyl (C=O) groups excluding carboxylic acids is 1. The molecule has 0 aromatic rings. The van der Waals surface area contributed by atoms with Gasteiger partial charge in [0.25, 0.3) is 5.91 Å². The number of morpholine rings is 1. The summed E-state index contributed by atoms with van der Waals surface area (Å²) in [6.45, 7) is 7.21. The quantitative estimate of drug-likeness (QED) is 0.806. The lowest BCUT2D eigenvalue weighted by Crippen LogP contribution is -2.50. The lowest BCUT2D eigenvalue weighted by Gasteiger charge is -2.33. The number of hydrogen-bond acceptors (Lipinski definition) is 4. The molecule has 2 heterocycles. The zero-order valence-corrected chi connectivity index (χ0v) is 14.2. The van der Waals surface area contributed by atoms with Crippen LogP contribution in [0.25, 0.3) is 0 Å². The van der Waals surface area contributed by atoms with E-state index >= 15 is 0 Å². The van der Waals surface area contributed by atoms with Crippen molar-refractivity contribution in [3.8, 4) is 0 Å². The number of rotatable bonds is 2. The van der Waals surface area contributed by atoms with Crippen molar-refractivity contribution >= 4 is 30.7 Å². The molecule has 2 saturated heterocycles. The van der Waals surface area contributed by atoms with Gasteiger partial charge in [-0.3, -0.25) is 9.69 Å². The standard InChI is InChI=1S/C14H25N3O2.2ClH/c1-2-16-5-6-19-13(9-16)14(18)17-7-10-3-4-12(15)11(10)8-17;;/h10-13H,2-9,15H2,1H3;2*1H. The van der Waals surface area contributed by atoms with E-state index in [-0.39, 0.29) is 36.8 Å². The maximum atomic E-state index is 12.5. The van der Waals surface area contributed by atoms with Crippen LogP contribution < -0.4 is 5.73 Å². The molecule has 2 aliphatic heterocycles. The molecule has 4 unspecified atom stereocenters. The summed E-state index contributed by atoms with van der Waals surface area (Å²) < 4.78 is 5.67. The second-order valence-corrected chi connectivity index (χ2v) is 6.16. The molecule has 1 aliphatic carbocycles.